The smallest absolute Gasteiger partial charge is 0.227 e. The number of nitrogens with two attached hydrogens (primary N) is 1. The standard InChI is InChI=1S/C13H18N2O2S2/c14-12(16)9-19-7-4-13(17)15-5-1-2-11(15)10-3-6-18-8-10/h3,6,8,11H,1-2,4-5,7,9H2,(H2,14,16)/t11-/m0/s1. The van der Waals surface area contributed by atoms with E-state index in [1.54, 1.807) is 11.3 Å². The highest BCUT2D eigenvalue weighted by Crippen LogP contribution is 2.33. The van der Waals surface area contributed by atoms with Crippen molar-refractivity contribution in [2.45, 2.75) is 25.3 Å². The number of nitrogens with zero attached hydrogens (tertiary/aromatic N) is 1. The molecule has 0 unspecified atom stereocenters. The largest absolute Gasteiger partial charge is 0.369 e. The van der Waals surface area contributed by atoms with Gasteiger partial charge in [-0.2, -0.15) is 23.1 Å². The molecule has 4 nitrogen and oxygen atoms in total. The van der Waals surface area contributed by atoms with E-state index in [1.165, 1.54) is 17.3 Å². The summed E-state index contributed by atoms with van der Waals surface area (Å²) in [7, 11) is 0. The Labute approximate surface area is 121 Å². The molecule has 1 fully saturated rings. The van der Waals surface area contributed by atoms with Gasteiger partial charge in [-0.05, 0) is 35.2 Å². The lowest BCUT2D eigenvalue weighted by molar-refractivity contribution is -0.131. The maximum Gasteiger partial charge on any atom is 0.227 e. The number of hydrogen-bond acceptors (Lipinski definition) is 4. The highest BCUT2D eigenvalue weighted by Gasteiger charge is 2.29. The molecule has 2 N–H and O–H groups in total. The second kappa shape index (κ2) is 6.96. The van der Waals surface area contributed by atoms with Gasteiger partial charge in [0.2, 0.25) is 11.8 Å². The number of amides is 2. The Morgan fingerprint density at radius 3 is 3.05 bits per heavy atom. The molecule has 0 saturated carbocycles. The monoisotopic (exact) mass is 298 g/mol. The molecule has 0 bridgehead atoms. The SMILES string of the molecule is NC(=O)CSCCC(=O)N1CCC[C@H]1c1ccsc1. The van der Waals surface area contributed by atoms with Crippen LogP contribution in [0.15, 0.2) is 16.8 Å². The Morgan fingerprint density at radius 1 is 1.53 bits per heavy atom. The normalized spacial score (nSPS) is 18.7. The van der Waals surface area contributed by atoms with Crippen LogP contribution in [0.3, 0.4) is 0 Å². The number of thioether (sulfide) groups is 1. The van der Waals surface area contributed by atoms with Gasteiger partial charge in [0.1, 0.15) is 0 Å². The first-order chi connectivity index (χ1) is 9.18. The van der Waals surface area contributed by atoms with Gasteiger partial charge >= 0.3 is 0 Å². The lowest BCUT2D eigenvalue weighted by Crippen LogP contribution is -2.30. The maximum absolute atomic E-state index is 12.2. The van der Waals surface area contributed by atoms with E-state index < -0.39 is 0 Å². The molecule has 1 saturated heterocycles. The van der Waals surface area contributed by atoms with E-state index in [9.17, 15) is 9.59 Å². The molecule has 2 amide bonds. The van der Waals surface area contributed by atoms with E-state index >= 15 is 0 Å². The van der Waals surface area contributed by atoms with Crippen LogP contribution in [-0.4, -0.2) is 34.8 Å². The minimum Gasteiger partial charge on any atom is -0.369 e. The summed E-state index contributed by atoms with van der Waals surface area (Å²) in [6, 6.07) is 2.35. The zero-order valence-electron chi connectivity index (χ0n) is 10.7. The van der Waals surface area contributed by atoms with Gasteiger partial charge in [0.15, 0.2) is 0 Å². The van der Waals surface area contributed by atoms with Crippen LogP contribution < -0.4 is 5.73 Å². The third-order valence-corrected chi connectivity index (χ3v) is 4.89. The van der Waals surface area contributed by atoms with Gasteiger partial charge in [0.25, 0.3) is 0 Å². The number of carbonyl (C=O) groups is 2. The molecule has 1 atom stereocenters. The molecule has 2 heterocycles. The van der Waals surface area contributed by atoms with Crippen LogP contribution in [0.25, 0.3) is 0 Å². The minimum atomic E-state index is -0.324. The summed E-state index contributed by atoms with van der Waals surface area (Å²) in [5.74, 6) is 0.816. The first kappa shape index (κ1) is 14.4. The summed E-state index contributed by atoms with van der Waals surface area (Å²) in [4.78, 5) is 24.8. The summed E-state index contributed by atoms with van der Waals surface area (Å²) in [6.07, 6.45) is 2.61. The first-order valence-electron chi connectivity index (χ1n) is 6.36. The van der Waals surface area contributed by atoms with Gasteiger partial charge in [-0.25, -0.2) is 0 Å². The summed E-state index contributed by atoms with van der Waals surface area (Å²) in [5.41, 5.74) is 6.31. The fourth-order valence-corrected chi connectivity index (χ4v) is 3.72. The zero-order valence-corrected chi connectivity index (χ0v) is 12.3. The number of carbonyl (C=O) groups excluding carboxylic acids is 2. The average Bonchev–Trinajstić information content (AvgIpc) is 3.02. The quantitative estimate of drug-likeness (QED) is 0.817. The van der Waals surface area contributed by atoms with Crippen molar-refractivity contribution in [1.29, 1.82) is 0 Å². The predicted octanol–water partition coefficient (Wildman–Crippen LogP) is 2.02. The maximum atomic E-state index is 12.2. The summed E-state index contributed by atoms with van der Waals surface area (Å²) >= 11 is 3.10. The van der Waals surface area contributed by atoms with E-state index in [0.717, 1.165) is 19.4 Å². The molecular weight excluding hydrogens is 280 g/mol. The van der Waals surface area contributed by atoms with E-state index in [0.29, 0.717) is 17.9 Å². The molecule has 1 aliphatic rings. The van der Waals surface area contributed by atoms with Crippen LogP contribution in [-0.2, 0) is 9.59 Å². The highest BCUT2D eigenvalue weighted by atomic mass is 32.2. The van der Waals surface area contributed by atoms with Crippen LogP contribution in [0.4, 0.5) is 0 Å². The topological polar surface area (TPSA) is 63.4 Å². The Kier molecular flexibility index (Phi) is 5.27. The molecule has 0 spiro atoms. The van der Waals surface area contributed by atoms with Crippen molar-refractivity contribution in [1.82, 2.24) is 4.90 Å². The minimum absolute atomic E-state index is 0.186. The Hall–Kier alpha value is -1.01. The van der Waals surface area contributed by atoms with Crippen LogP contribution in [0, 0.1) is 0 Å². The summed E-state index contributed by atoms with van der Waals surface area (Å²) < 4.78 is 0. The van der Waals surface area contributed by atoms with Crippen molar-refractivity contribution in [2.75, 3.05) is 18.1 Å². The Balaban J connectivity index is 1.83. The van der Waals surface area contributed by atoms with Crippen molar-refractivity contribution in [3.8, 4) is 0 Å². The second-order valence-corrected chi connectivity index (χ2v) is 6.46. The van der Waals surface area contributed by atoms with Crippen LogP contribution in [0.1, 0.15) is 30.9 Å². The molecule has 1 aromatic rings. The predicted molar refractivity (Wildman–Crippen MR) is 79.1 cm³/mol. The van der Waals surface area contributed by atoms with Gasteiger partial charge in [-0.15, -0.1) is 0 Å². The number of likely N-dealkylation sites (tertiary alicyclic amines) is 1. The van der Waals surface area contributed by atoms with E-state index in [4.69, 9.17) is 5.73 Å². The lowest BCUT2D eigenvalue weighted by atomic mass is 10.1. The molecule has 104 valence electrons. The van der Waals surface area contributed by atoms with Crippen LogP contribution in [0.2, 0.25) is 0 Å². The van der Waals surface area contributed by atoms with Crippen molar-refractivity contribution in [3.63, 3.8) is 0 Å². The van der Waals surface area contributed by atoms with Crippen LogP contribution in [0.5, 0.6) is 0 Å². The summed E-state index contributed by atoms with van der Waals surface area (Å²) in [6.45, 7) is 0.847. The zero-order chi connectivity index (χ0) is 13.7. The molecule has 0 aliphatic carbocycles. The van der Waals surface area contributed by atoms with Crippen molar-refractivity contribution < 1.29 is 9.59 Å². The molecule has 0 radical (unpaired) electrons. The van der Waals surface area contributed by atoms with Crippen molar-refractivity contribution in [3.05, 3.63) is 22.4 Å². The highest BCUT2D eigenvalue weighted by molar-refractivity contribution is 7.99. The molecular formula is C13H18N2O2S2. The van der Waals surface area contributed by atoms with Crippen molar-refractivity contribution in [2.24, 2.45) is 5.73 Å². The fraction of sp³-hybridized carbons (Fsp3) is 0.538. The van der Waals surface area contributed by atoms with Gasteiger partial charge in [-0.1, -0.05) is 0 Å². The molecule has 1 aliphatic heterocycles. The number of primary amides is 1. The number of rotatable bonds is 6. The van der Waals surface area contributed by atoms with E-state index in [2.05, 4.69) is 16.8 Å². The molecule has 0 aromatic carbocycles. The third kappa shape index (κ3) is 3.98. The van der Waals surface area contributed by atoms with Crippen LogP contribution >= 0.6 is 23.1 Å². The first-order valence-corrected chi connectivity index (χ1v) is 8.46. The molecule has 1 aromatic heterocycles. The van der Waals surface area contributed by atoms with Crippen molar-refractivity contribution >= 4 is 34.9 Å². The van der Waals surface area contributed by atoms with E-state index in [-0.39, 0.29) is 17.9 Å². The van der Waals surface area contributed by atoms with E-state index in [1.807, 2.05) is 4.90 Å². The third-order valence-electron chi connectivity index (χ3n) is 3.21. The Bertz CT molecular complexity index is 434. The Morgan fingerprint density at radius 2 is 2.37 bits per heavy atom. The average molecular weight is 298 g/mol. The number of thiophene rings is 1. The van der Waals surface area contributed by atoms with Gasteiger partial charge in [0.05, 0.1) is 11.8 Å². The van der Waals surface area contributed by atoms with Gasteiger partial charge < -0.3 is 10.6 Å². The fourth-order valence-electron chi connectivity index (χ4n) is 2.35. The molecule has 6 heteroatoms. The van der Waals surface area contributed by atoms with Gasteiger partial charge in [0, 0.05) is 18.7 Å². The number of hydrogen-bond donors (Lipinski definition) is 1. The lowest BCUT2D eigenvalue weighted by Gasteiger charge is -2.24. The van der Waals surface area contributed by atoms with Gasteiger partial charge in [-0.3, -0.25) is 9.59 Å². The molecule has 2 rings (SSSR count). The molecule has 19 heavy (non-hydrogen) atoms. The second-order valence-electron chi connectivity index (χ2n) is 4.57. The summed E-state index contributed by atoms with van der Waals surface area (Å²) in [5, 5.41) is 4.18.